The van der Waals surface area contributed by atoms with Gasteiger partial charge in [-0.05, 0) is 37.5 Å². The lowest BCUT2D eigenvalue weighted by molar-refractivity contribution is -0.118. The van der Waals surface area contributed by atoms with Crippen molar-refractivity contribution >= 4 is 21.6 Å². The molecule has 2 heterocycles. The molecule has 1 aromatic heterocycles. The van der Waals surface area contributed by atoms with Gasteiger partial charge in [-0.1, -0.05) is 18.6 Å². The second kappa shape index (κ2) is 7.59. The number of hydrogen-bond donors (Lipinski definition) is 0. The van der Waals surface area contributed by atoms with Gasteiger partial charge in [0.25, 0.3) is 10.0 Å². The molecule has 2 aromatic rings. The molecule has 140 valence electrons. The van der Waals surface area contributed by atoms with Crippen LogP contribution in [-0.2, 0) is 21.4 Å². The zero-order valence-corrected chi connectivity index (χ0v) is 15.9. The molecule has 0 unspecified atom stereocenters. The number of imidazole rings is 1. The Bertz CT molecular complexity index is 885. The van der Waals surface area contributed by atoms with Crippen molar-refractivity contribution in [3.8, 4) is 0 Å². The van der Waals surface area contributed by atoms with Crippen LogP contribution in [0.15, 0.2) is 41.8 Å². The third-order valence-electron chi connectivity index (χ3n) is 4.61. The number of sulfonamides is 1. The fourth-order valence-corrected chi connectivity index (χ4v) is 4.49. The van der Waals surface area contributed by atoms with Gasteiger partial charge in [-0.25, -0.2) is 13.4 Å². The van der Waals surface area contributed by atoms with Crippen molar-refractivity contribution in [1.29, 1.82) is 0 Å². The first-order chi connectivity index (χ1) is 12.4. The Morgan fingerprint density at radius 3 is 2.65 bits per heavy atom. The molecular weight excluding hydrogens is 352 g/mol. The summed E-state index contributed by atoms with van der Waals surface area (Å²) in [5.74, 6) is -0.144. The Morgan fingerprint density at radius 1 is 1.23 bits per heavy atom. The van der Waals surface area contributed by atoms with E-state index in [-0.39, 0.29) is 17.5 Å². The lowest BCUT2D eigenvalue weighted by Gasteiger charge is -2.24. The van der Waals surface area contributed by atoms with Gasteiger partial charge in [0.1, 0.15) is 6.54 Å². The SMILES string of the molecule is Cc1cccc(N(C)C(=O)Cn2cnc(S(=O)(=O)N3CCCCC3)c2)c1. The Labute approximate surface area is 154 Å². The van der Waals surface area contributed by atoms with Crippen molar-refractivity contribution < 1.29 is 13.2 Å². The van der Waals surface area contributed by atoms with E-state index in [1.807, 2.05) is 31.2 Å². The van der Waals surface area contributed by atoms with Gasteiger partial charge in [0.05, 0.1) is 6.33 Å². The minimum atomic E-state index is -3.58. The van der Waals surface area contributed by atoms with Crippen LogP contribution in [0.25, 0.3) is 0 Å². The van der Waals surface area contributed by atoms with Crippen molar-refractivity contribution in [3.05, 3.63) is 42.4 Å². The van der Waals surface area contributed by atoms with E-state index >= 15 is 0 Å². The second-order valence-electron chi connectivity index (χ2n) is 6.64. The highest BCUT2D eigenvalue weighted by Gasteiger charge is 2.28. The lowest BCUT2D eigenvalue weighted by Crippen LogP contribution is -2.35. The van der Waals surface area contributed by atoms with E-state index in [1.54, 1.807) is 11.9 Å². The zero-order valence-electron chi connectivity index (χ0n) is 15.1. The lowest BCUT2D eigenvalue weighted by atomic mass is 10.2. The second-order valence-corrected chi connectivity index (χ2v) is 8.53. The number of amides is 1. The number of aryl methyl sites for hydroxylation is 1. The topological polar surface area (TPSA) is 75.5 Å². The number of anilines is 1. The molecule has 0 atom stereocenters. The number of carbonyl (C=O) groups is 1. The first-order valence-corrected chi connectivity index (χ1v) is 10.2. The number of likely N-dealkylation sites (N-methyl/N-ethyl adjacent to an activating group) is 1. The van der Waals surface area contributed by atoms with E-state index in [1.165, 1.54) is 21.4 Å². The number of rotatable bonds is 5. The minimum absolute atomic E-state index is 0.00501. The van der Waals surface area contributed by atoms with Gasteiger partial charge in [-0.3, -0.25) is 4.79 Å². The molecule has 0 aliphatic carbocycles. The predicted octanol–water partition coefficient (Wildman–Crippen LogP) is 2.03. The molecule has 1 amide bonds. The molecule has 0 radical (unpaired) electrons. The zero-order chi connectivity index (χ0) is 18.7. The molecule has 7 nitrogen and oxygen atoms in total. The van der Waals surface area contributed by atoms with Gasteiger partial charge >= 0.3 is 0 Å². The van der Waals surface area contributed by atoms with Crippen LogP contribution >= 0.6 is 0 Å². The fraction of sp³-hybridized carbons (Fsp3) is 0.444. The number of aromatic nitrogens is 2. The number of piperidine rings is 1. The van der Waals surface area contributed by atoms with Crippen LogP contribution in [0.4, 0.5) is 5.69 Å². The largest absolute Gasteiger partial charge is 0.327 e. The molecule has 1 fully saturated rings. The molecule has 1 saturated heterocycles. The van der Waals surface area contributed by atoms with Crippen molar-refractivity contribution in [2.24, 2.45) is 0 Å². The normalized spacial score (nSPS) is 15.8. The summed E-state index contributed by atoms with van der Waals surface area (Å²) in [6, 6.07) is 7.66. The molecule has 1 aromatic carbocycles. The van der Waals surface area contributed by atoms with E-state index in [4.69, 9.17) is 0 Å². The first-order valence-electron chi connectivity index (χ1n) is 8.73. The van der Waals surface area contributed by atoms with E-state index in [0.717, 1.165) is 30.5 Å². The number of nitrogens with zero attached hydrogens (tertiary/aromatic N) is 4. The number of benzene rings is 1. The average molecular weight is 376 g/mol. The molecule has 1 aliphatic rings. The first kappa shape index (κ1) is 18.6. The minimum Gasteiger partial charge on any atom is -0.327 e. The van der Waals surface area contributed by atoms with E-state index in [2.05, 4.69) is 4.98 Å². The monoisotopic (exact) mass is 376 g/mol. The predicted molar refractivity (Wildman–Crippen MR) is 99.4 cm³/mol. The van der Waals surface area contributed by atoms with E-state index < -0.39 is 10.0 Å². The van der Waals surface area contributed by atoms with Crippen molar-refractivity contribution in [3.63, 3.8) is 0 Å². The maximum Gasteiger partial charge on any atom is 0.262 e. The summed E-state index contributed by atoms with van der Waals surface area (Å²) in [5, 5.41) is 0.00501. The number of carbonyl (C=O) groups excluding carboxylic acids is 1. The summed E-state index contributed by atoms with van der Waals surface area (Å²) in [6.07, 6.45) is 5.64. The summed E-state index contributed by atoms with van der Waals surface area (Å²) in [6.45, 7) is 3.07. The van der Waals surface area contributed by atoms with Crippen LogP contribution in [0.1, 0.15) is 24.8 Å². The molecule has 0 bridgehead atoms. The Morgan fingerprint density at radius 2 is 1.96 bits per heavy atom. The van der Waals surface area contributed by atoms with Crippen LogP contribution < -0.4 is 4.90 Å². The van der Waals surface area contributed by atoms with Gasteiger partial charge in [0.15, 0.2) is 5.03 Å². The maximum absolute atomic E-state index is 12.6. The summed E-state index contributed by atoms with van der Waals surface area (Å²) in [5.41, 5.74) is 1.87. The molecule has 3 rings (SSSR count). The van der Waals surface area contributed by atoms with Gasteiger partial charge < -0.3 is 9.47 Å². The molecule has 0 N–H and O–H groups in total. The van der Waals surface area contributed by atoms with Crippen LogP contribution in [-0.4, -0.2) is 48.3 Å². The Kier molecular flexibility index (Phi) is 5.43. The quantitative estimate of drug-likeness (QED) is 0.800. The highest BCUT2D eigenvalue weighted by molar-refractivity contribution is 7.89. The average Bonchev–Trinajstić information content (AvgIpc) is 3.11. The summed E-state index contributed by atoms with van der Waals surface area (Å²) in [4.78, 5) is 18.1. The number of hydrogen-bond acceptors (Lipinski definition) is 4. The molecule has 26 heavy (non-hydrogen) atoms. The Hall–Kier alpha value is -2.19. The van der Waals surface area contributed by atoms with Gasteiger partial charge in [0, 0.05) is 32.0 Å². The van der Waals surface area contributed by atoms with Crippen LogP contribution in [0, 0.1) is 6.92 Å². The standard InChI is InChI=1S/C18H24N4O3S/c1-15-7-6-8-16(11-15)20(2)18(23)13-21-12-17(19-14-21)26(24,25)22-9-4-3-5-10-22/h6-8,11-12,14H,3-5,9-10,13H2,1-2H3. The third-order valence-corrected chi connectivity index (χ3v) is 6.39. The maximum atomic E-state index is 12.6. The highest BCUT2D eigenvalue weighted by atomic mass is 32.2. The van der Waals surface area contributed by atoms with Crippen molar-refractivity contribution in [2.75, 3.05) is 25.0 Å². The molecule has 0 saturated carbocycles. The molecule has 8 heteroatoms. The molecule has 0 spiro atoms. The van der Waals surface area contributed by atoms with Crippen LogP contribution in [0.3, 0.4) is 0 Å². The summed E-state index contributed by atoms with van der Waals surface area (Å²) < 4.78 is 28.3. The molecule has 1 aliphatic heterocycles. The van der Waals surface area contributed by atoms with Crippen LogP contribution in [0.2, 0.25) is 0 Å². The van der Waals surface area contributed by atoms with Crippen molar-refractivity contribution in [2.45, 2.75) is 37.8 Å². The van der Waals surface area contributed by atoms with Gasteiger partial charge in [-0.15, -0.1) is 0 Å². The smallest absolute Gasteiger partial charge is 0.262 e. The fourth-order valence-electron chi connectivity index (χ4n) is 3.04. The van der Waals surface area contributed by atoms with Crippen LogP contribution in [0.5, 0.6) is 0 Å². The summed E-state index contributed by atoms with van der Waals surface area (Å²) in [7, 11) is -1.87. The Balaban J connectivity index is 1.70. The van der Waals surface area contributed by atoms with Crippen molar-refractivity contribution in [1.82, 2.24) is 13.9 Å². The van der Waals surface area contributed by atoms with E-state index in [9.17, 15) is 13.2 Å². The third kappa shape index (κ3) is 3.96. The van der Waals surface area contributed by atoms with Gasteiger partial charge in [-0.2, -0.15) is 4.31 Å². The molecular formula is C18H24N4O3S. The highest BCUT2D eigenvalue weighted by Crippen LogP contribution is 2.19. The van der Waals surface area contributed by atoms with Gasteiger partial charge in [0.2, 0.25) is 5.91 Å². The van der Waals surface area contributed by atoms with E-state index in [0.29, 0.717) is 13.1 Å². The summed E-state index contributed by atoms with van der Waals surface area (Å²) >= 11 is 0.